The van der Waals surface area contributed by atoms with E-state index in [-0.39, 0.29) is 21.9 Å². The molecule has 1 fully saturated rings. The van der Waals surface area contributed by atoms with Gasteiger partial charge in [-0.2, -0.15) is 4.31 Å². The van der Waals surface area contributed by atoms with Gasteiger partial charge in [-0.1, -0.05) is 12.1 Å². The Morgan fingerprint density at radius 2 is 1.84 bits per heavy atom. The second-order valence-electron chi connectivity index (χ2n) is 6.87. The van der Waals surface area contributed by atoms with Crippen LogP contribution in [0.25, 0.3) is 0 Å². The quantitative estimate of drug-likeness (QED) is 0.356. The minimum absolute atomic E-state index is 0.130. The summed E-state index contributed by atoms with van der Waals surface area (Å²) in [5.74, 6) is -1.58. The summed E-state index contributed by atoms with van der Waals surface area (Å²) in [7, 11) is -2.64. The summed E-state index contributed by atoms with van der Waals surface area (Å²) in [5.41, 5.74) is -0.256. The Labute approximate surface area is 184 Å². The second kappa shape index (κ2) is 9.75. The van der Waals surface area contributed by atoms with Crippen molar-refractivity contribution < 1.29 is 32.4 Å². The zero-order valence-electron chi connectivity index (χ0n) is 17.1. The third kappa shape index (κ3) is 5.03. The molecule has 1 N–H and O–H groups in total. The Kier molecular flexibility index (Phi) is 7.05. The van der Waals surface area contributed by atoms with Gasteiger partial charge in [0.1, 0.15) is 0 Å². The number of nitrogens with one attached hydrogen (secondary N) is 1. The predicted octanol–water partition coefficient (Wildman–Crippen LogP) is 2.18. The molecule has 0 atom stereocenters. The van der Waals surface area contributed by atoms with Crippen LogP contribution >= 0.6 is 0 Å². The van der Waals surface area contributed by atoms with E-state index in [2.05, 4.69) is 10.1 Å². The smallest absolute Gasteiger partial charge is 0.339 e. The van der Waals surface area contributed by atoms with E-state index in [1.165, 1.54) is 29.6 Å². The third-order valence-corrected chi connectivity index (χ3v) is 6.69. The van der Waals surface area contributed by atoms with E-state index in [0.29, 0.717) is 13.1 Å². The number of hydrogen-bond donors (Lipinski definition) is 1. The molecule has 170 valence electrons. The SMILES string of the molecule is COC(=O)c1ccccc1NC(=O)COc1ccc(S(=O)(=O)N2CCCC2)cc1[N+](=O)[O-]. The summed E-state index contributed by atoms with van der Waals surface area (Å²) >= 11 is 0. The number of esters is 1. The number of benzene rings is 2. The van der Waals surface area contributed by atoms with Crippen molar-refractivity contribution in [1.82, 2.24) is 4.31 Å². The molecule has 1 amide bonds. The number of hydrogen-bond acceptors (Lipinski definition) is 8. The number of nitro benzene ring substituents is 1. The van der Waals surface area contributed by atoms with E-state index in [1.807, 2.05) is 0 Å². The number of nitro groups is 1. The minimum atomic E-state index is -3.85. The first-order valence-corrected chi connectivity index (χ1v) is 11.1. The van der Waals surface area contributed by atoms with Gasteiger partial charge in [0.15, 0.2) is 12.4 Å². The summed E-state index contributed by atoms with van der Waals surface area (Å²) < 4.78 is 36.5. The normalized spacial score (nSPS) is 14.0. The summed E-state index contributed by atoms with van der Waals surface area (Å²) in [6.07, 6.45) is 1.47. The summed E-state index contributed by atoms with van der Waals surface area (Å²) in [6.45, 7) is 0.123. The van der Waals surface area contributed by atoms with Gasteiger partial charge in [0.2, 0.25) is 10.0 Å². The van der Waals surface area contributed by atoms with Gasteiger partial charge in [-0.25, -0.2) is 13.2 Å². The number of amides is 1. The highest BCUT2D eigenvalue weighted by molar-refractivity contribution is 7.89. The summed E-state index contributed by atoms with van der Waals surface area (Å²) in [6, 6.07) is 9.44. The number of carbonyl (C=O) groups excluding carboxylic acids is 2. The molecule has 1 saturated heterocycles. The van der Waals surface area contributed by atoms with Gasteiger partial charge in [-0.3, -0.25) is 14.9 Å². The van der Waals surface area contributed by atoms with Crippen LogP contribution in [0.1, 0.15) is 23.2 Å². The van der Waals surface area contributed by atoms with Crippen LogP contribution in [-0.4, -0.2) is 56.3 Å². The number of ether oxygens (including phenoxy) is 2. The molecule has 3 rings (SSSR count). The number of anilines is 1. The van der Waals surface area contributed by atoms with Crippen LogP contribution in [0.4, 0.5) is 11.4 Å². The first-order valence-electron chi connectivity index (χ1n) is 9.62. The van der Waals surface area contributed by atoms with Crippen LogP contribution in [0.3, 0.4) is 0 Å². The average Bonchev–Trinajstić information content (AvgIpc) is 3.33. The number of para-hydroxylation sites is 1. The fourth-order valence-electron chi connectivity index (χ4n) is 3.21. The lowest BCUT2D eigenvalue weighted by Gasteiger charge is -2.16. The average molecular weight is 463 g/mol. The van der Waals surface area contributed by atoms with E-state index in [1.54, 1.807) is 12.1 Å². The maximum Gasteiger partial charge on any atom is 0.339 e. The molecule has 0 radical (unpaired) electrons. The highest BCUT2D eigenvalue weighted by Crippen LogP contribution is 2.31. The molecule has 11 nitrogen and oxygen atoms in total. The van der Waals surface area contributed by atoms with E-state index < -0.39 is 39.1 Å². The molecule has 12 heteroatoms. The standard InChI is InChI=1S/C20H21N3O8S/c1-30-20(25)15-6-2-3-7-16(15)21-19(24)13-31-18-9-8-14(12-17(18)23(26)27)32(28,29)22-10-4-5-11-22/h2-3,6-9,12H,4-5,10-11,13H2,1H3,(H,21,24). The van der Waals surface area contributed by atoms with Crippen LogP contribution in [-0.2, 0) is 19.6 Å². The largest absolute Gasteiger partial charge is 0.477 e. The number of sulfonamides is 1. The maximum atomic E-state index is 12.7. The molecule has 32 heavy (non-hydrogen) atoms. The highest BCUT2D eigenvalue weighted by Gasteiger charge is 2.30. The Balaban J connectivity index is 1.74. The van der Waals surface area contributed by atoms with Crippen molar-refractivity contribution in [3.8, 4) is 5.75 Å². The van der Waals surface area contributed by atoms with Crippen molar-refractivity contribution in [3.05, 3.63) is 58.1 Å². The Bertz CT molecular complexity index is 1140. The van der Waals surface area contributed by atoms with Crippen molar-refractivity contribution in [2.45, 2.75) is 17.7 Å². The van der Waals surface area contributed by atoms with Crippen LogP contribution in [0.15, 0.2) is 47.4 Å². The van der Waals surface area contributed by atoms with Gasteiger partial charge >= 0.3 is 11.7 Å². The zero-order valence-corrected chi connectivity index (χ0v) is 18.0. The Hall–Kier alpha value is -3.51. The van der Waals surface area contributed by atoms with E-state index in [4.69, 9.17) is 4.74 Å². The van der Waals surface area contributed by atoms with Crippen molar-refractivity contribution in [2.75, 3.05) is 32.1 Å². The minimum Gasteiger partial charge on any atom is -0.477 e. The summed E-state index contributed by atoms with van der Waals surface area (Å²) in [5, 5.41) is 14.0. The lowest BCUT2D eigenvalue weighted by Crippen LogP contribution is -2.28. The van der Waals surface area contributed by atoms with Crippen molar-refractivity contribution >= 4 is 33.3 Å². The third-order valence-electron chi connectivity index (χ3n) is 4.80. The molecule has 2 aromatic carbocycles. The molecule has 0 saturated carbocycles. The van der Waals surface area contributed by atoms with Crippen LogP contribution < -0.4 is 10.1 Å². The lowest BCUT2D eigenvalue weighted by molar-refractivity contribution is -0.386. The second-order valence-corrected chi connectivity index (χ2v) is 8.81. The van der Waals surface area contributed by atoms with E-state index in [9.17, 15) is 28.1 Å². The van der Waals surface area contributed by atoms with Gasteiger partial charge in [-0.15, -0.1) is 0 Å². The monoisotopic (exact) mass is 463 g/mol. The Morgan fingerprint density at radius 3 is 2.50 bits per heavy atom. The van der Waals surface area contributed by atoms with Crippen LogP contribution in [0.5, 0.6) is 5.75 Å². The first kappa shape index (κ1) is 23.2. The number of carbonyl (C=O) groups is 2. The van der Waals surface area contributed by atoms with Crippen molar-refractivity contribution in [1.29, 1.82) is 0 Å². The lowest BCUT2D eigenvalue weighted by atomic mass is 10.2. The molecule has 1 aliphatic heterocycles. The van der Waals surface area contributed by atoms with Crippen LogP contribution in [0.2, 0.25) is 0 Å². The van der Waals surface area contributed by atoms with Gasteiger partial charge in [0.05, 0.1) is 28.2 Å². The Morgan fingerprint density at radius 1 is 1.16 bits per heavy atom. The maximum absolute atomic E-state index is 12.7. The van der Waals surface area contributed by atoms with Gasteiger partial charge in [-0.05, 0) is 37.1 Å². The molecule has 0 bridgehead atoms. The molecule has 1 heterocycles. The molecular weight excluding hydrogens is 442 g/mol. The molecule has 0 spiro atoms. The fraction of sp³-hybridized carbons (Fsp3) is 0.300. The predicted molar refractivity (Wildman–Crippen MR) is 113 cm³/mol. The van der Waals surface area contributed by atoms with E-state index in [0.717, 1.165) is 25.0 Å². The number of rotatable bonds is 8. The van der Waals surface area contributed by atoms with E-state index >= 15 is 0 Å². The fourth-order valence-corrected chi connectivity index (χ4v) is 4.75. The topological polar surface area (TPSA) is 145 Å². The van der Waals surface area contributed by atoms with Gasteiger partial charge in [0.25, 0.3) is 5.91 Å². The van der Waals surface area contributed by atoms with Crippen molar-refractivity contribution in [3.63, 3.8) is 0 Å². The molecule has 1 aliphatic rings. The van der Waals surface area contributed by atoms with Gasteiger partial charge in [0, 0.05) is 19.2 Å². The molecular formula is C20H21N3O8S. The molecule has 0 aliphatic carbocycles. The van der Waals surface area contributed by atoms with Crippen molar-refractivity contribution in [2.24, 2.45) is 0 Å². The number of methoxy groups -OCH3 is 1. The highest BCUT2D eigenvalue weighted by atomic mass is 32.2. The molecule has 0 aromatic heterocycles. The number of nitrogens with zero attached hydrogens (tertiary/aromatic N) is 2. The zero-order chi connectivity index (χ0) is 23.3. The molecule has 2 aromatic rings. The molecule has 0 unspecified atom stereocenters. The van der Waals surface area contributed by atoms with Crippen LogP contribution in [0, 0.1) is 10.1 Å². The van der Waals surface area contributed by atoms with Gasteiger partial charge < -0.3 is 14.8 Å². The first-order chi connectivity index (χ1) is 15.2. The summed E-state index contributed by atoms with van der Waals surface area (Å²) in [4.78, 5) is 34.5.